The van der Waals surface area contributed by atoms with Crippen molar-refractivity contribution >= 4 is 29.4 Å². The third kappa shape index (κ3) is 4.35. The van der Waals surface area contributed by atoms with E-state index in [1.807, 2.05) is 37.3 Å². The average Bonchev–Trinajstić information content (AvgIpc) is 3.36. The Balaban J connectivity index is 1.27. The van der Waals surface area contributed by atoms with E-state index < -0.39 is 11.9 Å². The number of nitrogens with zero attached hydrogens (tertiary/aromatic N) is 2. The lowest BCUT2D eigenvalue weighted by Crippen LogP contribution is -2.31. The summed E-state index contributed by atoms with van der Waals surface area (Å²) in [7, 11) is 0. The van der Waals surface area contributed by atoms with Gasteiger partial charge in [0.2, 0.25) is 17.7 Å². The lowest BCUT2D eigenvalue weighted by molar-refractivity contribution is -0.139. The molecule has 2 heterocycles. The van der Waals surface area contributed by atoms with E-state index in [0.717, 1.165) is 24.8 Å². The van der Waals surface area contributed by atoms with Crippen molar-refractivity contribution in [3.05, 3.63) is 60.2 Å². The Hall–Kier alpha value is -3.48. The maximum atomic E-state index is 13.0. The zero-order chi connectivity index (χ0) is 24.7. The van der Waals surface area contributed by atoms with Crippen LogP contribution in [0.3, 0.4) is 0 Å². The highest BCUT2D eigenvalue weighted by Gasteiger charge is 2.50. The van der Waals surface area contributed by atoms with Gasteiger partial charge in [0.25, 0.3) is 0 Å². The summed E-state index contributed by atoms with van der Waals surface area (Å²) in [6.07, 6.45) is 2.51. The van der Waals surface area contributed by atoms with Crippen molar-refractivity contribution in [2.45, 2.75) is 45.6 Å². The SMILES string of the molecule is C[C@@H]1CC[C@@H]2C(=O)N(c3cccc(OC(=O)[C@@H]4CC(=O)N([C@H](C)c5ccccc5)C4)c3)C(=O)[C@H]2C1. The van der Waals surface area contributed by atoms with Gasteiger partial charge in [0.15, 0.2) is 0 Å². The second-order valence-electron chi connectivity index (χ2n) is 10.1. The number of hydrogen-bond donors (Lipinski definition) is 0. The van der Waals surface area contributed by atoms with Crippen LogP contribution < -0.4 is 9.64 Å². The summed E-state index contributed by atoms with van der Waals surface area (Å²) in [5.41, 5.74) is 1.44. The molecule has 7 nitrogen and oxygen atoms in total. The van der Waals surface area contributed by atoms with Gasteiger partial charge in [-0.05, 0) is 49.8 Å². The van der Waals surface area contributed by atoms with Crippen molar-refractivity contribution in [3.8, 4) is 5.75 Å². The number of likely N-dealkylation sites (tertiary alicyclic amines) is 1. The van der Waals surface area contributed by atoms with Gasteiger partial charge in [0.05, 0.1) is 29.5 Å². The van der Waals surface area contributed by atoms with Crippen LogP contribution in [0.5, 0.6) is 5.75 Å². The maximum Gasteiger partial charge on any atom is 0.316 e. The van der Waals surface area contributed by atoms with Gasteiger partial charge in [0.1, 0.15) is 5.75 Å². The largest absolute Gasteiger partial charge is 0.426 e. The highest BCUT2D eigenvalue weighted by atomic mass is 16.5. The number of rotatable bonds is 5. The standard InChI is InChI=1S/C28H30N2O5/c1-17-11-12-23-24(13-17)27(33)30(26(23)32)21-9-6-10-22(15-21)35-28(34)20-14-25(31)29(16-20)18(2)19-7-4-3-5-8-19/h3-10,15,17-18,20,23-24H,11-14,16H2,1-2H3/t17-,18-,20-,23+,24+/m1/s1. The second kappa shape index (κ2) is 9.29. The molecular formula is C28H30N2O5. The molecule has 2 saturated heterocycles. The topological polar surface area (TPSA) is 84.0 Å². The van der Waals surface area contributed by atoms with Gasteiger partial charge in [-0.25, -0.2) is 4.90 Å². The molecule has 3 aliphatic rings. The van der Waals surface area contributed by atoms with Crippen LogP contribution in [0.1, 0.15) is 51.1 Å². The second-order valence-corrected chi connectivity index (χ2v) is 10.1. The van der Waals surface area contributed by atoms with Crippen LogP contribution >= 0.6 is 0 Å². The third-order valence-corrected chi connectivity index (χ3v) is 7.72. The molecule has 0 spiro atoms. The summed E-state index contributed by atoms with van der Waals surface area (Å²) in [6, 6.07) is 16.1. The van der Waals surface area contributed by atoms with E-state index in [1.54, 1.807) is 29.2 Å². The highest BCUT2D eigenvalue weighted by Crippen LogP contribution is 2.42. The first kappa shape index (κ1) is 23.3. The number of amides is 3. The Kier molecular flexibility index (Phi) is 6.17. The molecule has 2 aliphatic heterocycles. The highest BCUT2D eigenvalue weighted by molar-refractivity contribution is 6.22. The molecule has 0 N–H and O–H groups in total. The molecular weight excluding hydrogens is 444 g/mol. The minimum atomic E-state index is -0.572. The van der Waals surface area contributed by atoms with Crippen molar-refractivity contribution in [1.82, 2.24) is 4.90 Å². The van der Waals surface area contributed by atoms with Gasteiger partial charge >= 0.3 is 5.97 Å². The van der Waals surface area contributed by atoms with Crippen molar-refractivity contribution in [1.29, 1.82) is 0 Å². The molecule has 7 heteroatoms. The van der Waals surface area contributed by atoms with Crippen LogP contribution in [0.15, 0.2) is 54.6 Å². The van der Waals surface area contributed by atoms with E-state index in [1.165, 1.54) is 4.90 Å². The molecule has 35 heavy (non-hydrogen) atoms. The van der Waals surface area contributed by atoms with Crippen LogP contribution in [0.4, 0.5) is 5.69 Å². The van der Waals surface area contributed by atoms with E-state index in [0.29, 0.717) is 11.6 Å². The number of carbonyl (C=O) groups is 4. The van der Waals surface area contributed by atoms with Gasteiger partial charge in [0, 0.05) is 19.0 Å². The Morgan fingerprint density at radius 2 is 1.71 bits per heavy atom. The molecule has 2 aromatic carbocycles. The number of benzene rings is 2. The number of carbonyl (C=O) groups excluding carboxylic acids is 4. The Morgan fingerprint density at radius 1 is 0.971 bits per heavy atom. The Bertz CT molecular complexity index is 1160. The summed E-state index contributed by atoms with van der Waals surface area (Å²) < 4.78 is 5.62. The van der Waals surface area contributed by atoms with Crippen molar-refractivity contribution in [3.63, 3.8) is 0 Å². The lowest BCUT2D eigenvalue weighted by Gasteiger charge is -2.25. The smallest absolute Gasteiger partial charge is 0.316 e. The molecule has 1 saturated carbocycles. The number of esters is 1. The molecule has 0 aromatic heterocycles. The number of ether oxygens (including phenoxy) is 1. The minimum absolute atomic E-state index is 0.0813. The van der Waals surface area contributed by atoms with Crippen molar-refractivity contribution in [2.75, 3.05) is 11.4 Å². The zero-order valence-electron chi connectivity index (χ0n) is 20.1. The Labute approximate surface area is 205 Å². The van der Waals surface area contributed by atoms with Crippen LogP contribution in [0.2, 0.25) is 0 Å². The first-order chi connectivity index (χ1) is 16.8. The van der Waals surface area contributed by atoms with Crippen molar-refractivity contribution in [2.24, 2.45) is 23.7 Å². The fraction of sp³-hybridized carbons (Fsp3) is 0.429. The molecule has 3 amide bonds. The maximum absolute atomic E-state index is 13.0. The molecule has 0 bridgehead atoms. The van der Waals surface area contributed by atoms with E-state index in [4.69, 9.17) is 4.74 Å². The van der Waals surface area contributed by atoms with Gasteiger partial charge in [-0.15, -0.1) is 0 Å². The molecule has 2 aromatic rings. The number of fused-ring (bicyclic) bond motifs is 1. The summed E-state index contributed by atoms with van der Waals surface area (Å²) in [4.78, 5) is 54.6. The van der Waals surface area contributed by atoms with Crippen LogP contribution in [-0.2, 0) is 19.2 Å². The first-order valence-electron chi connectivity index (χ1n) is 12.4. The van der Waals surface area contributed by atoms with Crippen LogP contribution in [0.25, 0.3) is 0 Å². The van der Waals surface area contributed by atoms with E-state index in [-0.39, 0.29) is 54.3 Å². The quantitative estimate of drug-likeness (QED) is 0.370. The van der Waals surface area contributed by atoms with Gasteiger partial charge in [-0.2, -0.15) is 0 Å². The summed E-state index contributed by atoms with van der Waals surface area (Å²) >= 11 is 0. The zero-order valence-corrected chi connectivity index (χ0v) is 20.1. The summed E-state index contributed by atoms with van der Waals surface area (Å²) in [5.74, 6) is -1.30. The van der Waals surface area contributed by atoms with Crippen LogP contribution in [0, 0.1) is 23.7 Å². The molecule has 182 valence electrons. The third-order valence-electron chi connectivity index (χ3n) is 7.72. The van der Waals surface area contributed by atoms with E-state index >= 15 is 0 Å². The average molecular weight is 475 g/mol. The predicted molar refractivity (Wildman–Crippen MR) is 129 cm³/mol. The number of imide groups is 1. The van der Waals surface area contributed by atoms with Crippen LogP contribution in [-0.4, -0.2) is 35.1 Å². The minimum Gasteiger partial charge on any atom is -0.426 e. The molecule has 0 unspecified atom stereocenters. The number of hydrogen-bond acceptors (Lipinski definition) is 5. The predicted octanol–water partition coefficient (Wildman–Crippen LogP) is 4.13. The fourth-order valence-electron chi connectivity index (χ4n) is 5.70. The Morgan fingerprint density at radius 3 is 2.49 bits per heavy atom. The van der Waals surface area contributed by atoms with Gasteiger partial charge < -0.3 is 9.64 Å². The van der Waals surface area contributed by atoms with Gasteiger partial charge in [-0.1, -0.05) is 43.3 Å². The first-order valence-corrected chi connectivity index (χ1v) is 12.4. The lowest BCUT2D eigenvalue weighted by atomic mass is 9.76. The molecule has 0 radical (unpaired) electrons. The van der Waals surface area contributed by atoms with Gasteiger partial charge in [-0.3, -0.25) is 19.2 Å². The monoisotopic (exact) mass is 474 g/mol. The molecule has 3 fully saturated rings. The molecule has 5 atom stereocenters. The van der Waals surface area contributed by atoms with E-state index in [9.17, 15) is 19.2 Å². The fourth-order valence-corrected chi connectivity index (χ4v) is 5.70. The van der Waals surface area contributed by atoms with E-state index in [2.05, 4.69) is 6.92 Å². The van der Waals surface area contributed by atoms with Crippen molar-refractivity contribution < 1.29 is 23.9 Å². The summed E-state index contributed by atoms with van der Waals surface area (Å²) in [5, 5.41) is 0. The normalized spacial score (nSPS) is 27.2. The number of anilines is 1. The molecule has 5 rings (SSSR count). The molecule has 1 aliphatic carbocycles. The summed E-state index contributed by atoms with van der Waals surface area (Å²) in [6.45, 7) is 4.36.